The summed E-state index contributed by atoms with van der Waals surface area (Å²) in [5.74, 6) is 1.62. The molecule has 0 radical (unpaired) electrons. The van der Waals surface area contributed by atoms with Gasteiger partial charge in [-0.05, 0) is 37.8 Å². The molecule has 2 heterocycles. The summed E-state index contributed by atoms with van der Waals surface area (Å²) in [6.07, 6.45) is 1.94. The third-order valence-corrected chi connectivity index (χ3v) is 4.05. The lowest BCUT2D eigenvalue weighted by atomic mass is 9.98. The molecule has 2 aromatic rings. The highest BCUT2D eigenvalue weighted by atomic mass is 16.3. The number of amides is 1. The average molecular weight is 300 g/mol. The number of benzene rings is 1. The van der Waals surface area contributed by atoms with Crippen LogP contribution in [0.25, 0.3) is 11.4 Å². The molecule has 6 heteroatoms. The smallest absolute Gasteiger partial charge is 0.253 e. The van der Waals surface area contributed by atoms with Gasteiger partial charge in [-0.2, -0.15) is 5.10 Å². The first-order valence-electron chi connectivity index (χ1n) is 7.57. The molecule has 2 N–H and O–H groups in total. The zero-order valence-corrected chi connectivity index (χ0v) is 12.6. The number of hydrogen-bond acceptors (Lipinski definition) is 4. The largest absolute Gasteiger partial charge is 0.396 e. The number of aryl methyl sites for hydroxylation is 1. The second-order valence-electron chi connectivity index (χ2n) is 5.76. The van der Waals surface area contributed by atoms with E-state index in [1.807, 2.05) is 36.1 Å². The van der Waals surface area contributed by atoms with E-state index in [1.54, 1.807) is 0 Å². The quantitative estimate of drug-likeness (QED) is 0.902. The number of likely N-dealkylation sites (tertiary alicyclic amines) is 1. The van der Waals surface area contributed by atoms with Crippen molar-refractivity contribution >= 4 is 5.91 Å². The summed E-state index contributed by atoms with van der Waals surface area (Å²) in [5.41, 5.74) is 1.54. The third kappa shape index (κ3) is 3.01. The van der Waals surface area contributed by atoms with E-state index in [0.29, 0.717) is 17.9 Å². The number of aliphatic hydroxyl groups is 1. The summed E-state index contributed by atoms with van der Waals surface area (Å²) in [6, 6.07) is 7.35. The van der Waals surface area contributed by atoms with Crippen molar-refractivity contribution in [2.75, 3.05) is 19.7 Å². The fourth-order valence-electron chi connectivity index (χ4n) is 2.81. The molecule has 116 valence electrons. The van der Waals surface area contributed by atoms with Crippen LogP contribution in [0.1, 0.15) is 29.0 Å². The Labute approximate surface area is 129 Å². The number of carbonyl (C=O) groups is 1. The molecule has 0 bridgehead atoms. The summed E-state index contributed by atoms with van der Waals surface area (Å²) in [6.45, 7) is 3.39. The van der Waals surface area contributed by atoms with Crippen molar-refractivity contribution in [3.05, 3.63) is 35.7 Å². The van der Waals surface area contributed by atoms with Crippen LogP contribution in [-0.2, 0) is 0 Å². The highest BCUT2D eigenvalue weighted by Gasteiger charge is 2.24. The number of nitrogens with zero attached hydrogens (tertiary/aromatic N) is 3. The van der Waals surface area contributed by atoms with Gasteiger partial charge in [0.05, 0.1) is 0 Å². The standard InChI is InChI=1S/C16H20N4O2/c1-11-17-15(19-18-11)13-4-6-14(7-5-13)16(22)20-8-2-3-12(9-20)10-21/h4-7,12,21H,2-3,8-10H2,1H3,(H,17,18,19). The lowest BCUT2D eigenvalue weighted by molar-refractivity contribution is 0.0621. The normalized spacial score (nSPS) is 18.5. The summed E-state index contributed by atoms with van der Waals surface area (Å²) < 4.78 is 0. The Bertz CT molecular complexity index is 650. The van der Waals surface area contributed by atoms with E-state index in [2.05, 4.69) is 15.2 Å². The van der Waals surface area contributed by atoms with Gasteiger partial charge in [0.25, 0.3) is 5.91 Å². The Hall–Kier alpha value is -2.21. The number of piperidine rings is 1. The van der Waals surface area contributed by atoms with Gasteiger partial charge in [0, 0.05) is 30.8 Å². The summed E-state index contributed by atoms with van der Waals surface area (Å²) >= 11 is 0. The van der Waals surface area contributed by atoms with Crippen LogP contribution in [0.5, 0.6) is 0 Å². The van der Waals surface area contributed by atoms with Crippen molar-refractivity contribution in [1.82, 2.24) is 20.1 Å². The van der Waals surface area contributed by atoms with Crippen molar-refractivity contribution in [3.63, 3.8) is 0 Å². The molecule has 22 heavy (non-hydrogen) atoms. The van der Waals surface area contributed by atoms with Crippen LogP contribution in [0, 0.1) is 12.8 Å². The van der Waals surface area contributed by atoms with E-state index in [9.17, 15) is 9.90 Å². The minimum atomic E-state index is 0.0240. The first-order valence-corrected chi connectivity index (χ1v) is 7.57. The molecule has 0 saturated carbocycles. The lowest BCUT2D eigenvalue weighted by Gasteiger charge is -2.31. The highest BCUT2D eigenvalue weighted by Crippen LogP contribution is 2.20. The van der Waals surface area contributed by atoms with Gasteiger partial charge in [-0.25, -0.2) is 4.98 Å². The van der Waals surface area contributed by atoms with Crippen LogP contribution in [0.3, 0.4) is 0 Å². The zero-order valence-electron chi connectivity index (χ0n) is 12.6. The Morgan fingerprint density at radius 3 is 2.82 bits per heavy atom. The minimum absolute atomic E-state index is 0.0240. The van der Waals surface area contributed by atoms with E-state index in [-0.39, 0.29) is 18.4 Å². The average Bonchev–Trinajstić information content (AvgIpc) is 3.01. The molecule has 6 nitrogen and oxygen atoms in total. The Morgan fingerprint density at radius 1 is 1.41 bits per heavy atom. The van der Waals surface area contributed by atoms with Crippen molar-refractivity contribution in [2.45, 2.75) is 19.8 Å². The van der Waals surface area contributed by atoms with E-state index in [0.717, 1.165) is 30.8 Å². The lowest BCUT2D eigenvalue weighted by Crippen LogP contribution is -2.40. The van der Waals surface area contributed by atoms with Gasteiger partial charge in [0.15, 0.2) is 5.82 Å². The van der Waals surface area contributed by atoms with Crippen LogP contribution in [0.2, 0.25) is 0 Å². The predicted octanol–water partition coefficient (Wildman–Crippen LogP) is 1.62. The van der Waals surface area contributed by atoms with Gasteiger partial charge in [-0.3, -0.25) is 9.89 Å². The number of nitrogens with one attached hydrogen (secondary N) is 1. The number of aromatic nitrogens is 3. The van der Waals surface area contributed by atoms with Crippen molar-refractivity contribution in [2.24, 2.45) is 5.92 Å². The fraction of sp³-hybridized carbons (Fsp3) is 0.438. The summed E-state index contributed by atoms with van der Waals surface area (Å²) in [7, 11) is 0. The van der Waals surface area contributed by atoms with Crippen LogP contribution < -0.4 is 0 Å². The second kappa shape index (κ2) is 6.27. The number of hydrogen-bond donors (Lipinski definition) is 2. The fourth-order valence-corrected chi connectivity index (χ4v) is 2.81. The maximum absolute atomic E-state index is 12.5. The zero-order chi connectivity index (χ0) is 15.5. The molecule has 1 unspecified atom stereocenters. The second-order valence-corrected chi connectivity index (χ2v) is 5.76. The number of aliphatic hydroxyl groups excluding tert-OH is 1. The molecule has 1 aliphatic rings. The van der Waals surface area contributed by atoms with Gasteiger partial charge in [0.1, 0.15) is 5.82 Å². The van der Waals surface area contributed by atoms with Gasteiger partial charge in [0.2, 0.25) is 0 Å². The Morgan fingerprint density at radius 2 is 2.18 bits per heavy atom. The van der Waals surface area contributed by atoms with Crippen molar-refractivity contribution < 1.29 is 9.90 Å². The monoisotopic (exact) mass is 300 g/mol. The number of aromatic amines is 1. The van der Waals surface area contributed by atoms with Crippen LogP contribution in [0.4, 0.5) is 0 Å². The van der Waals surface area contributed by atoms with E-state index < -0.39 is 0 Å². The number of carbonyl (C=O) groups excluding carboxylic acids is 1. The first kappa shape index (κ1) is 14.7. The van der Waals surface area contributed by atoms with Gasteiger partial charge in [-0.15, -0.1) is 0 Å². The Kier molecular flexibility index (Phi) is 4.20. The first-order chi connectivity index (χ1) is 10.7. The Balaban J connectivity index is 1.73. The summed E-state index contributed by atoms with van der Waals surface area (Å²) in [5, 5.41) is 16.2. The third-order valence-electron chi connectivity index (χ3n) is 4.05. The highest BCUT2D eigenvalue weighted by molar-refractivity contribution is 5.94. The predicted molar refractivity (Wildman–Crippen MR) is 82.3 cm³/mol. The summed E-state index contributed by atoms with van der Waals surface area (Å²) in [4.78, 5) is 18.6. The van der Waals surface area contributed by atoms with Crippen LogP contribution >= 0.6 is 0 Å². The minimum Gasteiger partial charge on any atom is -0.396 e. The molecular formula is C16H20N4O2. The molecule has 1 aromatic heterocycles. The van der Waals surface area contributed by atoms with Gasteiger partial charge < -0.3 is 10.0 Å². The molecule has 1 amide bonds. The molecule has 1 atom stereocenters. The number of rotatable bonds is 3. The topological polar surface area (TPSA) is 82.1 Å². The van der Waals surface area contributed by atoms with Crippen molar-refractivity contribution in [3.8, 4) is 11.4 Å². The van der Waals surface area contributed by atoms with E-state index in [4.69, 9.17) is 0 Å². The maximum atomic E-state index is 12.5. The molecule has 0 aliphatic carbocycles. The van der Waals surface area contributed by atoms with E-state index >= 15 is 0 Å². The molecule has 0 spiro atoms. The molecule has 1 saturated heterocycles. The molecule has 3 rings (SSSR count). The SMILES string of the molecule is Cc1nc(-c2ccc(C(=O)N3CCCC(CO)C3)cc2)n[nH]1. The maximum Gasteiger partial charge on any atom is 0.253 e. The van der Waals surface area contributed by atoms with Crippen LogP contribution in [0.15, 0.2) is 24.3 Å². The molecule has 1 fully saturated rings. The molecule has 1 aliphatic heterocycles. The van der Waals surface area contributed by atoms with Gasteiger partial charge >= 0.3 is 0 Å². The van der Waals surface area contributed by atoms with Gasteiger partial charge in [-0.1, -0.05) is 12.1 Å². The van der Waals surface area contributed by atoms with Crippen molar-refractivity contribution in [1.29, 1.82) is 0 Å². The van der Waals surface area contributed by atoms with E-state index in [1.165, 1.54) is 0 Å². The molecular weight excluding hydrogens is 280 g/mol. The number of H-pyrrole nitrogens is 1. The van der Waals surface area contributed by atoms with Crippen LogP contribution in [-0.4, -0.2) is 50.8 Å². The molecule has 1 aromatic carbocycles.